The zero-order valence-electron chi connectivity index (χ0n) is 22.6. The highest BCUT2D eigenvalue weighted by atomic mass is 32.2. The van der Waals surface area contributed by atoms with Crippen LogP contribution in [0.1, 0.15) is 47.1 Å². The van der Waals surface area contributed by atoms with Gasteiger partial charge in [0.25, 0.3) is 11.6 Å². The number of nitro groups is 1. The third-order valence-electron chi connectivity index (χ3n) is 5.88. The normalized spacial score (nSPS) is 12.6. The smallest absolute Gasteiger partial charge is 0.410 e. The number of thiophene rings is 1. The van der Waals surface area contributed by atoms with E-state index in [2.05, 4.69) is 16.7 Å². The first-order valence-corrected chi connectivity index (χ1v) is 14.3. The minimum Gasteiger partial charge on any atom is -0.444 e. The van der Waals surface area contributed by atoms with Crippen molar-refractivity contribution in [3.8, 4) is 6.07 Å². The van der Waals surface area contributed by atoms with E-state index in [9.17, 15) is 29.8 Å². The summed E-state index contributed by atoms with van der Waals surface area (Å²) in [6.45, 7) is 6.15. The molecule has 0 bridgehead atoms. The predicted molar refractivity (Wildman–Crippen MR) is 156 cm³/mol. The van der Waals surface area contributed by atoms with E-state index in [1.165, 1.54) is 47.4 Å². The Balaban J connectivity index is 1.35. The first kappa shape index (κ1) is 29.6. The van der Waals surface area contributed by atoms with Gasteiger partial charge in [0.15, 0.2) is 0 Å². The van der Waals surface area contributed by atoms with Gasteiger partial charge in [0.05, 0.1) is 22.8 Å². The van der Waals surface area contributed by atoms with E-state index in [0.29, 0.717) is 35.8 Å². The lowest BCUT2D eigenvalue weighted by Gasteiger charge is -2.29. The van der Waals surface area contributed by atoms with Crippen molar-refractivity contribution in [2.45, 2.75) is 44.2 Å². The highest BCUT2D eigenvalue weighted by Gasteiger charge is 2.30. The SMILES string of the molecule is CC(C)(C)OC(=O)N1CCc2c(sc(NC(=O)CSc3cccc(NC(=O)c4ccc([N+](=O)[O-])cc4)c3)c2C#N)C1. The van der Waals surface area contributed by atoms with Crippen LogP contribution in [0, 0.1) is 21.4 Å². The second kappa shape index (κ2) is 12.4. The Kier molecular flexibility index (Phi) is 8.95. The van der Waals surface area contributed by atoms with Crippen molar-refractivity contribution in [1.29, 1.82) is 5.26 Å². The molecule has 0 aliphatic carbocycles. The summed E-state index contributed by atoms with van der Waals surface area (Å²) in [5.74, 6) is -0.651. The Morgan fingerprint density at radius 3 is 2.56 bits per heavy atom. The fraction of sp³-hybridized carbons (Fsp3) is 0.286. The van der Waals surface area contributed by atoms with E-state index in [0.717, 1.165) is 15.3 Å². The van der Waals surface area contributed by atoms with E-state index in [1.807, 2.05) is 0 Å². The van der Waals surface area contributed by atoms with Crippen LogP contribution >= 0.6 is 23.1 Å². The zero-order chi connectivity index (χ0) is 29.7. The molecule has 0 radical (unpaired) electrons. The number of carbonyl (C=O) groups is 3. The van der Waals surface area contributed by atoms with E-state index < -0.39 is 22.5 Å². The van der Waals surface area contributed by atoms with Crippen LogP contribution in [0.25, 0.3) is 0 Å². The summed E-state index contributed by atoms with van der Waals surface area (Å²) in [4.78, 5) is 51.3. The summed E-state index contributed by atoms with van der Waals surface area (Å²) >= 11 is 2.55. The van der Waals surface area contributed by atoms with Crippen molar-refractivity contribution >= 4 is 57.4 Å². The van der Waals surface area contributed by atoms with Crippen LogP contribution in [0.3, 0.4) is 0 Å². The molecule has 2 N–H and O–H groups in total. The van der Waals surface area contributed by atoms with Gasteiger partial charge in [-0.15, -0.1) is 23.1 Å². The molecule has 0 spiro atoms. The van der Waals surface area contributed by atoms with Gasteiger partial charge >= 0.3 is 6.09 Å². The summed E-state index contributed by atoms with van der Waals surface area (Å²) in [7, 11) is 0. The Morgan fingerprint density at radius 1 is 1.17 bits per heavy atom. The maximum Gasteiger partial charge on any atom is 0.410 e. The molecule has 11 nitrogen and oxygen atoms in total. The number of anilines is 2. The lowest BCUT2D eigenvalue weighted by molar-refractivity contribution is -0.384. The Bertz CT molecular complexity index is 1540. The molecule has 0 fully saturated rings. The van der Waals surface area contributed by atoms with Gasteiger partial charge in [-0.05, 0) is 63.1 Å². The van der Waals surface area contributed by atoms with Crippen molar-refractivity contribution in [3.63, 3.8) is 0 Å². The van der Waals surface area contributed by atoms with Crippen LogP contribution in [-0.2, 0) is 22.5 Å². The molecule has 0 unspecified atom stereocenters. The number of carbonyl (C=O) groups excluding carboxylic acids is 3. The Morgan fingerprint density at radius 2 is 1.90 bits per heavy atom. The predicted octanol–water partition coefficient (Wildman–Crippen LogP) is 5.80. The summed E-state index contributed by atoms with van der Waals surface area (Å²) in [6.07, 6.45) is 0.0833. The van der Waals surface area contributed by atoms with Gasteiger partial charge in [-0.1, -0.05) is 6.07 Å². The van der Waals surface area contributed by atoms with Gasteiger partial charge in [-0.2, -0.15) is 5.26 Å². The molecule has 4 rings (SSSR count). The highest BCUT2D eigenvalue weighted by molar-refractivity contribution is 8.00. The fourth-order valence-corrected chi connectivity index (χ4v) is 5.99. The number of rotatable bonds is 7. The molecule has 41 heavy (non-hydrogen) atoms. The number of nitrogens with one attached hydrogen (secondary N) is 2. The lowest BCUT2D eigenvalue weighted by Crippen LogP contribution is -2.39. The lowest BCUT2D eigenvalue weighted by atomic mass is 10.0. The van der Waals surface area contributed by atoms with Gasteiger partial charge in [-0.3, -0.25) is 19.7 Å². The van der Waals surface area contributed by atoms with Gasteiger partial charge in [0.2, 0.25) is 5.91 Å². The third kappa shape index (κ3) is 7.62. The second-order valence-electron chi connectivity index (χ2n) is 10.1. The number of hydrogen-bond acceptors (Lipinski definition) is 9. The van der Waals surface area contributed by atoms with Gasteiger partial charge in [-0.25, -0.2) is 4.79 Å². The minimum absolute atomic E-state index is 0.0667. The molecule has 1 aromatic heterocycles. The van der Waals surface area contributed by atoms with Crippen molar-refractivity contribution < 1.29 is 24.0 Å². The number of hydrogen-bond donors (Lipinski definition) is 2. The van der Waals surface area contributed by atoms with Crippen molar-refractivity contribution in [2.24, 2.45) is 0 Å². The number of thioether (sulfide) groups is 1. The van der Waals surface area contributed by atoms with Crippen LogP contribution < -0.4 is 10.6 Å². The summed E-state index contributed by atoms with van der Waals surface area (Å²) in [5.41, 5.74) is 1.32. The topological polar surface area (TPSA) is 155 Å². The van der Waals surface area contributed by atoms with Crippen LogP contribution in [0.15, 0.2) is 53.4 Å². The number of amides is 3. The average Bonchev–Trinajstić information content (AvgIpc) is 3.27. The maximum atomic E-state index is 12.8. The number of nitriles is 1. The zero-order valence-corrected chi connectivity index (χ0v) is 24.2. The van der Waals surface area contributed by atoms with E-state index in [-0.39, 0.29) is 22.9 Å². The number of nitrogens with zero attached hydrogens (tertiary/aromatic N) is 3. The molecule has 0 atom stereocenters. The van der Waals surface area contributed by atoms with Crippen LogP contribution in [0.2, 0.25) is 0 Å². The number of fused-ring (bicyclic) bond motifs is 1. The molecule has 13 heteroatoms. The molecule has 1 aliphatic rings. The van der Waals surface area contributed by atoms with E-state index in [4.69, 9.17) is 4.74 Å². The Hall–Kier alpha value is -4.41. The van der Waals surface area contributed by atoms with E-state index in [1.54, 1.807) is 49.9 Å². The molecule has 1 aliphatic heterocycles. The molecular weight excluding hydrogens is 566 g/mol. The summed E-state index contributed by atoms with van der Waals surface area (Å²) in [6, 6.07) is 14.4. The molecular formula is C28H27N5O6S2. The molecule has 0 saturated carbocycles. The fourth-order valence-electron chi connectivity index (χ4n) is 4.01. The van der Waals surface area contributed by atoms with Gasteiger partial charge in [0.1, 0.15) is 16.7 Å². The third-order valence-corrected chi connectivity index (χ3v) is 8.00. The summed E-state index contributed by atoms with van der Waals surface area (Å²) < 4.78 is 5.47. The maximum absolute atomic E-state index is 12.8. The molecule has 212 valence electrons. The Labute approximate surface area is 244 Å². The molecule has 3 aromatic rings. The quantitative estimate of drug-likeness (QED) is 0.198. The largest absolute Gasteiger partial charge is 0.444 e. The molecule has 0 saturated heterocycles. The van der Waals surface area contributed by atoms with Crippen molar-refractivity contribution in [3.05, 3.63) is 80.2 Å². The average molecular weight is 594 g/mol. The van der Waals surface area contributed by atoms with Crippen LogP contribution in [0.4, 0.5) is 21.2 Å². The molecule has 2 aromatic carbocycles. The second-order valence-corrected chi connectivity index (χ2v) is 12.2. The first-order valence-electron chi connectivity index (χ1n) is 12.5. The number of ether oxygens (including phenoxy) is 1. The molecule has 3 amide bonds. The van der Waals surface area contributed by atoms with E-state index >= 15 is 0 Å². The number of nitro benzene ring substituents is 1. The first-order chi connectivity index (χ1) is 19.4. The van der Waals surface area contributed by atoms with Gasteiger partial charge < -0.3 is 20.3 Å². The molecule has 2 heterocycles. The highest BCUT2D eigenvalue weighted by Crippen LogP contribution is 2.37. The van der Waals surface area contributed by atoms with Crippen LogP contribution in [0.5, 0.6) is 0 Å². The standard InChI is InChI=1S/C28H27N5O6S2/c1-28(2,3)39-27(36)32-12-11-21-22(14-29)26(41-23(21)15-32)31-24(34)16-40-20-6-4-5-18(13-20)30-25(35)17-7-9-19(10-8-17)33(37)38/h4-10,13H,11-12,15-16H2,1-3H3,(H,30,35)(H,31,34). The van der Waals surface area contributed by atoms with Crippen molar-refractivity contribution in [2.75, 3.05) is 22.9 Å². The summed E-state index contributed by atoms with van der Waals surface area (Å²) in [5, 5.41) is 26.6. The van der Waals surface area contributed by atoms with Gasteiger partial charge in [0, 0.05) is 39.7 Å². The number of benzene rings is 2. The van der Waals surface area contributed by atoms with Crippen molar-refractivity contribution in [1.82, 2.24) is 4.90 Å². The monoisotopic (exact) mass is 593 g/mol. The minimum atomic E-state index is -0.611. The van der Waals surface area contributed by atoms with Crippen LogP contribution in [-0.4, -0.2) is 45.6 Å². The number of non-ortho nitro benzene ring substituents is 1.